The van der Waals surface area contributed by atoms with Gasteiger partial charge in [-0.2, -0.15) is 0 Å². The van der Waals surface area contributed by atoms with E-state index in [4.69, 9.17) is 4.74 Å². The number of rotatable bonds is 10. The van der Waals surface area contributed by atoms with Crippen LogP contribution in [0.15, 0.2) is 66.2 Å². The van der Waals surface area contributed by atoms with E-state index in [1.807, 2.05) is 48.0 Å². The van der Waals surface area contributed by atoms with E-state index in [1.165, 1.54) is 0 Å². The summed E-state index contributed by atoms with van der Waals surface area (Å²) in [5, 5.41) is 26.3. The van der Waals surface area contributed by atoms with Crippen molar-refractivity contribution >= 4 is 28.2 Å². The lowest BCUT2D eigenvalue weighted by Crippen LogP contribution is -2.46. The number of aliphatic hydroxyl groups excluding tert-OH is 1. The molecular formula is C26H28N2O4S. The SMILES string of the molecule is CC(C)(Cc1c[nH]c2c(C(=O)O)cccc12)NC[C@H](O)COc1ccccc1-c1cccs1. The predicted octanol–water partition coefficient (Wildman–Crippen LogP) is 4.95. The molecule has 0 aliphatic rings. The van der Waals surface area contributed by atoms with Gasteiger partial charge in [0.15, 0.2) is 0 Å². The summed E-state index contributed by atoms with van der Waals surface area (Å²) in [6.45, 7) is 4.68. The number of β-amino-alcohol motifs (C(OH)–C–C–N with tert-alkyl or cyclic N) is 1. The van der Waals surface area contributed by atoms with Crippen LogP contribution >= 0.6 is 11.3 Å². The third-order valence-corrected chi connectivity index (χ3v) is 6.49. The molecule has 4 rings (SSSR count). The van der Waals surface area contributed by atoms with Gasteiger partial charge < -0.3 is 25.3 Å². The summed E-state index contributed by atoms with van der Waals surface area (Å²) in [5.74, 6) is -0.193. The molecular weight excluding hydrogens is 436 g/mol. The summed E-state index contributed by atoms with van der Waals surface area (Å²) in [7, 11) is 0. The second-order valence-electron chi connectivity index (χ2n) is 8.73. The second-order valence-corrected chi connectivity index (χ2v) is 9.67. The molecule has 2 heterocycles. The maximum atomic E-state index is 11.5. The highest BCUT2D eigenvalue weighted by atomic mass is 32.1. The minimum atomic E-state index is -0.949. The topological polar surface area (TPSA) is 94.6 Å². The van der Waals surface area contributed by atoms with Crippen molar-refractivity contribution in [3.8, 4) is 16.2 Å². The van der Waals surface area contributed by atoms with Gasteiger partial charge in [-0.25, -0.2) is 4.79 Å². The van der Waals surface area contributed by atoms with Crippen LogP contribution in [-0.4, -0.2) is 46.0 Å². The first kappa shape index (κ1) is 23.0. The van der Waals surface area contributed by atoms with Crippen LogP contribution in [0.1, 0.15) is 29.8 Å². The fourth-order valence-corrected chi connectivity index (χ4v) is 4.70. The summed E-state index contributed by atoms with van der Waals surface area (Å²) < 4.78 is 5.94. The van der Waals surface area contributed by atoms with E-state index >= 15 is 0 Å². The Morgan fingerprint density at radius 3 is 2.73 bits per heavy atom. The Kier molecular flexibility index (Phi) is 6.83. The molecule has 0 radical (unpaired) electrons. The Labute approximate surface area is 196 Å². The van der Waals surface area contributed by atoms with Crippen LogP contribution in [-0.2, 0) is 6.42 Å². The molecule has 0 spiro atoms. The standard InChI is InChI=1S/C26H28N2O4S/c1-26(2,13-17-14-27-24-19(17)8-5-9-21(24)25(30)31)28-15-18(29)16-32-22-10-4-3-7-20(22)23-11-6-12-33-23/h3-12,14,18,27-29H,13,15-16H2,1-2H3,(H,30,31)/t18-/m0/s1. The fourth-order valence-electron chi connectivity index (χ4n) is 3.94. The third-order valence-electron chi connectivity index (χ3n) is 5.59. The van der Waals surface area contributed by atoms with Crippen LogP contribution < -0.4 is 10.1 Å². The number of nitrogens with one attached hydrogen (secondary N) is 2. The fraction of sp³-hybridized carbons (Fsp3) is 0.269. The number of hydrogen-bond acceptors (Lipinski definition) is 5. The van der Waals surface area contributed by atoms with Crippen molar-refractivity contribution < 1.29 is 19.7 Å². The van der Waals surface area contributed by atoms with Gasteiger partial charge in [0, 0.05) is 34.1 Å². The Hall–Kier alpha value is -3.13. The molecule has 0 saturated carbocycles. The number of carbonyl (C=O) groups is 1. The number of aromatic carboxylic acids is 1. The lowest BCUT2D eigenvalue weighted by Gasteiger charge is -2.28. The number of H-pyrrole nitrogens is 1. The molecule has 172 valence electrons. The first-order valence-electron chi connectivity index (χ1n) is 10.8. The monoisotopic (exact) mass is 464 g/mol. The van der Waals surface area contributed by atoms with E-state index in [1.54, 1.807) is 23.5 Å². The number of aromatic nitrogens is 1. The summed E-state index contributed by atoms with van der Waals surface area (Å²) >= 11 is 1.65. The highest BCUT2D eigenvalue weighted by Crippen LogP contribution is 2.33. The molecule has 4 N–H and O–H groups in total. The minimum absolute atomic E-state index is 0.181. The van der Waals surface area contributed by atoms with Crippen LogP contribution in [0.25, 0.3) is 21.3 Å². The third kappa shape index (κ3) is 5.45. The van der Waals surface area contributed by atoms with E-state index in [9.17, 15) is 15.0 Å². The molecule has 1 atom stereocenters. The molecule has 0 bridgehead atoms. The summed E-state index contributed by atoms with van der Waals surface area (Å²) in [5.41, 5.74) is 2.63. The lowest BCUT2D eigenvalue weighted by atomic mass is 9.94. The second kappa shape index (κ2) is 9.79. The van der Waals surface area contributed by atoms with Crippen LogP contribution in [0.5, 0.6) is 5.75 Å². The van der Waals surface area contributed by atoms with Gasteiger partial charge in [0.1, 0.15) is 18.5 Å². The van der Waals surface area contributed by atoms with Crippen LogP contribution in [0.2, 0.25) is 0 Å². The maximum absolute atomic E-state index is 11.5. The quantitative estimate of drug-likeness (QED) is 0.267. The van der Waals surface area contributed by atoms with Gasteiger partial charge in [-0.3, -0.25) is 0 Å². The van der Waals surface area contributed by atoms with Crippen molar-refractivity contribution in [2.24, 2.45) is 0 Å². The predicted molar refractivity (Wildman–Crippen MR) is 132 cm³/mol. The van der Waals surface area contributed by atoms with Crippen molar-refractivity contribution in [2.45, 2.75) is 31.9 Å². The Morgan fingerprint density at radius 1 is 1.15 bits per heavy atom. The Bertz CT molecular complexity index is 1230. The summed E-state index contributed by atoms with van der Waals surface area (Å²) in [6, 6.07) is 17.2. The Balaban J connectivity index is 1.35. The number of ether oxygens (including phenoxy) is 1. The van der Waals surface area contributed by atoms with Gasteiger partial charge in [0.25, 0.3) is 0 Å². The van der Waals surface area contributed by atoms with Crippen LogP contribution in [0.3, 0.4) is 0 Å². The number of carboxylic acid groups (broad SMARTS) is 1. The van der Waals surface area contributed by atoms with E-state index in [0.29, 0.717) is 18.5 Å². The average molecular weight is 465 g/mol. The van der Waals surface area contributed by atoms with Crippen molar-refractivity contribution in [1.82, 2.24) is 10.3 Å². The summed E-state index contributed by atoms with van der Waals surface area (Å²) in [6.07, 6.45) is 1.86. The molecule has 4 aromatic rings. The molecule has 0 fully saturated rings. The molecule has 0 unspecified atom stereocenters. The van der Waals surface area contributed by atoms with Gasteiger partial charge in [0.05, 0.1) is 11.1 Å². The van der Waals surface area contributed by atoms with E-state index in [0.717, 1.165) is 27.1 Å². The van der Waals surface area contributed by atoms with Gasteiger partial charge in [-0.15, -0.1) is 11.3 Å². The lowest BCUT2D eigenvalue weighted by molar-refractivity contribution is 0.0699. The van der Waals surface area contributed by atoms with Gasteiger partial charge in [0.2, 0.25) is 0 Å². The van der Waals surface area contributed by atoms with Crippen molar-refractivity contribution in [3.63, 3.8) is 0 Å². The molecule has 33 heavy (non-hydrogen) atoms. The molecule has 2 aromatic carbocycles. The van der Waals surface area contributed by atoms with Crippen molar-refractivity contribution in [2.75, 3.05) is 13.2 Å². The maximum Gasteiger partial charge on any atom is 0.337 e. The number of carboxylic acids is 1. The minimum Gasteiger partial charge on any atom is -0.490 e. The van der Waals surface area contributed by atoms with Crippen molar-refractivity contribution in [3.05, 3.63) is 77.3 Å². The number of aromatic amines is 1. The largest absolute Gasteiger partial charge is 0.490 e. The first-order chi connectivity index (χ1) is 15.8. The van der Waals surface area contributed by atoms with E-state index < -0.39 is 12.1 Å². The smallest absolute Gasteiger partial charge is 0.337 e. The zero-order chi connectivity index (χ0) is 23.4. The first-order valence-corrected chi connectivity index (χ1v) is 11.7. The molecule has 6 nitrogen and oxygen atoms in total. The Morgan fingerprint density at radius 2 is 1.97 bits per heavy atom. The van der Waals surface area contributed by atoms with E-state index in [-0.39, 0.29) is 17.7 Å². The van der Waals surface area contributed by atoms with Gasteiger partial charge in [-0.1, -0.05) is 30.3 Å². The highest BCUT2D eigenvalue weighted by molar-refractivity contribution is 7.13. The van der Waals surface area contributed by atoms with Gasteiger partial charge >= 0.3 is 5.97 Å². The summed E-state index contributed by atoms with van der Waals surface area (Å²) in [4.78, 5) is 15.7. The molecule has 7 heteroatoms. The normalized spacial score (nSPS) is 12.7. The molecule has 2 aromatic heterocycles. The molecule has 0 aliphatic carbocycles. The zero-order valence-electron chi connectivity index (χ0n) is 18.7. The number of thiophene rings is 1. The molecule has 0 amide bonds. The average Bonchev–Trinajstić information content (AvgIpc) is 3.47. The molecule has 0 aliphatic heterocycles. The highest BCUT2D eigenvalue weighted by Gasteiger charge is 2.22. The number of para-hydroxylation sites is 2. The number of benzene rings is 2. The van der Waals surface area contributed by atoms with E-state index in [2.05, 4.69) is 30.2 Å². The number of hydrogen-bond donors (Lipinski definition) is 4. The zero-order valence-corrected chi connectivity index (χ0v) is 19.5. The van der Waals surface area contributed by atoms with Gasteiger partial charge in [-0.05, 0) is 55.5 Å². The van der Waals surface area contributed by atoms with Crippen LogP contribution in [0, 0.1) is 0 Å². The van der Waals surface area contributed by atoms with Crippen molar-refractivity contribution in [1.29, 1.82) is 0 Å². The van der Waals surface area contributed by atoms with Crippen LogP contribution in [0.4, 0.5) is 0 Å². The molecule has 0 saturated heterocycles. The number of fused-ring (bicyclic) bond motifs is 1. The number of aliphatic hydroxyl groups is 1.